The lowest BCUT2D eigenvalue weighted by molar-refractivity contribution is 0.280. The lowest BCUT2D eigenvalue weighted by Crippen LogP contribution is -2.41. The van der Waals surface area contributed by atoms with Crippen LogP contribution in [0.5, 0.6) is 0 Å². The number of fused-ring (bicyclic) bond motifs is 1. The summed E-state index contributed by atoms with van der Waals surface area (Å²) in [4.78, 5) is 6.75. The molecule has 0 atom stereocenters. The van der Waals surface area contributed by atoms with Gasteiger partial charge in [0.2, 0.25) is 0 Å². The summed E-state index contributed by atoms with van der Waals surface area (Å²) in [7, 11) is 0. The fourth-order valence-corrected chi connectivity index (χ4v) is 2.36. The summed E-state index contributed by atoms with van der Waals surface area (Å²) in [5.41, 5.74) is 1.74. The first-order valence-electron chi connectivity index (χ1n) is 6.61. The van der Waals surface area contributed by atoms with Crippen molar-refractivity contribution in [3.63, 3.8) is 0 Å². The Morgan fingerprint density at radius 3 is 2.83 bits per heavy atom. The smallest absolute Gasteiger partial charge is 0.298 e. The van der Waals surface area contributed by atoms with E-state index < -0.39 is 0 Å². The topological polar surface area (TPSA) is 49.5 Å². The molecule has 0 bridgehead atoms. The van der Waals surface area contributed by atoms with Gasteiger partial charge >= 0.3 is 0 Å². The van der Waals surface area contributed by atoms with Crippen molar-refractivity contribution in [2.75, 3.05) is 18.1 Å². The number of nitrogens with zero attached hydrogens (tertiary/aromatic N) is 2. The van der Waals surface area contributed by atoms with Crippen LogP contribution in [0.1, 0.15) is 25.7 Å². The Morgan fingerprint density at radius 1 is 1.33 bits per heavy atom. The van der Waals surface area contributed by atoms with E-state index >= 15 is 0 Å². The van der Waals surface area contributed by atoms with E-state index in [4.69, 9.17) is 9.52 Å². The third kappa shape index (κ3) is 2.08. The third-order valence-corrected chi connectivity index (χ3v) is 3.60. The highest BCUT2D eigenvalue weighted by Crippen LogP contribution is 2.31. The minimum atomic E-state index is 0.212. The van der Waals surface area contributed by atoms with E-state index in [1.54, 1.807) is 0 Å². The van der Waals surface area contributed by atoms with Gasteiger partial charge in [-0.25, -0.2) is 0 Å². The molecule has 2 aromatic rings. The standard InChI is InChI=1S/C14H18N2O2/c17-10-4-9-16(11-5-3-6-11)14-15-12-7-1-2-8-13(12)18-14/h1-2,7-8,11,17H,3-6,9-10H2. The first-order valence-corrected chi connectivity index (χ1v) is 6.61. The molecule has 1 aromatic heterocycles. The van der Waals surface area contributed by atoms with Gasteiger partial charge in [-0.3, -0.25) is 0 Å². The summed E-state index contributed by atoms with van der Waals surface area (Å²) in [5.74, 6) is 0. The lowest BCUT2D eigenvalue weighted by atomic mass is 9.91. The first-order chi connectivity index (χ1) is 8.88. The Morgan fingerprint density at radius 2 is 2.17 bits per heavy atom. The number of rotatable bonds is 5. The number of anilines is 1. The van der Waals surface area contributed by atoms with E-state index in [-0.39, 0.29) is 6.61 Å². The molecule has 4 heteroatoms. The first kappa shape index (κ1) is 11.5. The Hall–Kier alpha value is -1.55. The van der Waals surface area contributed by atoms with Gasteiger partial charge in [0.25, 0.3) is 6.01 Å². The van der Waals surface area contributed by atoms with Gasteiger partial charge in [0.1, 0.15) is 5.52 Å². The summed E-state index contributed by atoms with van der Waals surface area (Å²) in [6.07, 6.45) is 4.43. The second kappa shape index (κ2) is 4.98. The molecule has 0 spiro atoms. The van der Waals surface area contributed by atoms with Crippen molar-refractivity contribution in [2.45, 2.75) is 31.7 Å². The molecule has 1 aliphatic carbocycles. The molecule has 96 valence electrons. The number of aliphatic hydroxyl groups excluding tert-OH is 1. The van der Waals surface area contributed by atoms with E-state index in [2.05, 4.69) is 9.88 Å². The van der Waals surface area contributed by atoms with Crippen LogP contribution in [0.4, 0.5) is 6.01 Å². The average molecular weight is 246 g/mol. The van der Waals surface area contributed by atoms with Gasteiger partial charge in [0.15, 0.2) is 5.58 Å². The van der Waals surface area contributed by atoms with Crippen molar-refractivity contribution in [2.24, 2.45) is 0 Å². The zero-order valence-electron chi connectivity index (χ0n) is 10.4. The van der Waals surface area contributed by atoms with Crippen LogP contribution >= 0.6 is 0 Å². The number of oxazole rings is 1. The van der Waals surface area contributed by atoms with Gasteiger partial charge in [-0.2, -0.15) is 4.98 Å². The molecular formula is C14H18N2O2. The van der Waals surface area contributed by atoms with Gasteiger partial charge in [-0.1, -0.05) is 12.1 Å². The van der Waals surface area contributed by atoms with E-state index in [1.165, 1.54) is 19.3 Å². The highest BCUT2D eigenvalue weighted by atomic mass is 16.4. The van der Waals surface area contributed by atoms with Crippen LogP contribution < -0.4 is 4.90 Å². The van der Waals surface area contributed by atoms with E-state index in [1.807, 2.05) is 24.3 Å². The van der Waals surface area contributed by atoms with Crippen LogP contribution in [0.25, 0.3) is 11.1 Å². The van der Waals surface area contributed by atoms with Gasteiger partial charge in [-0.15, -0.1) is 0 Å². The second-order valence-corrected chi connectivity index (χ2v) is 4.82. The van der Waals surface area contributed by atoms with Crippen molar-refractivity contribution in [1.82, 2.24) is 4.98 Å². The van der Waals surface area contributed by atoms with Gasteiger partial charge in [0.05, 0.1) is 0 Å². The monoisotopic (exact) mass is 246 g/mol. The Balaban J connectivity index is 1.87. The van der Waals surface area contributed by atoms with Gasteiger partial charge < -0.3 is 14.4 Å². The second-order valence-electron chi connectivity index (χ2n) is 4.82. The summed E-state index contributed by atoms with van der Waals surface area (Å²) < 4.78 is 5.82. The molecule has 1 aromatic carbocycles. The maximum absolute atomic E-state index is 9.00. The lowest BCUT2D eigenvalue weighted by Gasteiger charge is -2.36. The molecule has 1 N–H and O–H groups in total. The molecule has 0 radical (unpaired) electrons. The molecule has 1 aliphatic rings. The predicted molar refractivity (Wildman–Crippen MR) is 70.7 cm³/mol. The van der Waals surface area contributed by atoms with Crippen LogP contribution in [-0.4, -0.2) is 29.3 Å². The molecular weight excluding hydrogens is 228 g/mol. The fourth-order valence-electron chi connectivity index (χ4n) is 2.36. The van der Waals surface area contributed by atoms with Crippen molar-refractivity contribution in [3.05, 3.63) is 24.3 Å². The Kier molecular flexibility index (Phi) is 3.19. The van der Waals surface area contributed by atoms with Crippen LogP contribution in [0, 0.1) is 0 Å². The molecule has 1 saturated carbocycles. The van der Waals surface area contributed by atoms with E-state index in [9.17, 15) is 0 Å². The van der Waals surface area contributed by atoms with Crippen LogP contribution in [0.15, 0.2) is 28.7 Å². The predicted octanol–water partition coefficient (Wildman–Crippen LogP) is 2.57. The molecule has 1 heterocycles. The quantitative estimate of drug-likeness (QED) is 0.881. The van der Waals surface area contributed by atoms with E-state index in [0.717, 1.165) is 24.1 Å². The van der Waals surface area contributed by atoms with Crippen molar-refractivity contribution >= 4 is 17.1 Å². The van der Waals surface area contributed by atoms with Gasteiger partial charge in [0, 0.05) is 19.2 Å². The zero-order valence-corrected chi connectivity index (χ0v) is 10.4. The average Bonchev–Trinajstić information content (AvgIpc) is 2.75. The Labute approximate surface area is 106 Å². The maximum atomic E-state index is 9.00. The highest BCUT2D eigenvalue weighted by Gasteiger charge is 2.27. The third-order valence-electron chi connectivity index (χ3n) is 3.60. The molecule has 3 rings (SSSR count). The number of para-hydroxylation sites is 2. The molecule has 18 heavy (non-hydrogen) atoms. The largest absolute Gasteiger partial charge is 0.423 e. The normalized spacial score (nSPS) is 15.8. The number of hydrogen-bond acceptors (Lipinski definition) is 4. The van der Waals surface area contributed by atoms with Crippen molar-refractivity contribution in [1.29, 1.82) is 0 Å². The highest BCUT2D eigenvalue weighted by molar-refractivity contribution is 5.74. The van der Waals surface area contributed by atoms with Crippen LogP contribution in [-0.2, 0) is 0 Å². The summed E-state index contributed by atoms with van der Waals surface area (Å²) in [6.45, 7) is 1.03. The maximum Gasteiger partial charge on any atom is 0.298 e. The zero-order chi connectivity index (χ0) is 12.4. The van der Waals surface area contributed by atoms with Crippen molar-refractivity contribution in [3.8, 4) is 0 Å². The molecule has 0 saturated heterocycles. The van der Waals surface area contributed by atoms with E-state index in [0.29, 0.717) is 12.1 Å². The Bertz CT molecular complexity index is 486. The molecule has 4 nitrogen and oxygen atoms in total. The summed E-state index contributed by atoms with van der Waals surface area (Å²) in [6, 6.07) is 9.07. The summed E-state index contributed by atoms with van der Waals surface area (Å²) in [5, 5.41) is 9.00. The SMILES string of the molecule is OCCCN(c1nc2ccccc2o1)C1CCC1. The minimum absolute atomic E-state index is 0.212. The fraction of sp³-hybridized carbons (Fsp3) is 0.500. The minimum Gasteiger partial charge on any atom is -0.423 e. The molecule has 0 amide bonds. The molecule has 1 fully saturated rings. The number of benzene rings is 1. The summed E-state index contributed by atoms with van der Waals surface area (Å²) >= 11 is 0. The van der Waals surface area contributed by atoms with Crippen LogP contribution in [0.2, 0.25) is 0 Å². The number of hydrogen-bond donors (Lipinski definition) is 1. The van der Waals surface area contributed by atoms with Gasteiger partial charge in [-0.05, 0) is 37.8 Å². The van der Waals surface area contributed by atoms with Crippen LogP contribution in [0.3, 0.4) is 0 Å². The number of aliphatic hydroxyl groups is 1. The van der Waals surface area contributed by atoms with Crippen molar-refractivity contribution < 1.29 is 9.52 Å². The molecule has 0 aliphatic heterocycles. The molecule has 0 unspecified atom stereocenters. The number of aromatic nitrogens is 1.